The molecule has 0 saturated carbocycles. The number of fused-ring (bicyclic) bond motifs is 1. The van der Waals surface area contributed by atoms with Crippen LogP contribution >= 0.6 is 0 Å². The summed E-state index contributed by atoms with van der Waals surface area (Å²) in [7, 11) is 4.25. The molecule has 0 radical (unpaired) electrons. The Morgan fingerprint density at radius 3 is 2.18 bits per heavy atom. The van der Waals surface area contributed by atoms with Crippen LogP contribution in [0.4, 0.5) is 0 Å². The number of esters is 1. The fourth-order valence-corrected chi connectivity index (χ4v) is 4.00. The lowest BCUT2D eigenvalue weighted by Crippen LogP contribution is -2.33. The average Bonchev–Trinajstić information content (AvgIpc) is 2.82. The van der Waals surface area contributed by atoms with Crippen LogP contribution < -0.4 is 19.8 Å². The Kier molecular flexibility index (Phi) is 7.45. The van der Waals surface area contributed by atoms with E-state index in [1.807, 2.05) is 0 Å². The predicted molar refractivity (Wildman–Crippen MR) is 123 cm³/mol. The number of carbonyl (C=O) groups is 2. The van der Waals surface area contributed by atoms with Crippen molar-refractivity contribution in [2.45, 2.75) is 19.8 Å². The maximum Gasteiger partial charge on any atom is 0.343 e. The molecule has 0 aliphatic carbocycles. The van der Waals surface area contributed by atoms with E-state index in [0.717, 1.165) is 0 Å². The minimum atomic E-state index is -1.46. The monoisotopic (exact) mass is 470 g/mol. The van der Waals surface area contributed by atoms with Crippen LogP contribution in [0.1, 0.15) is 30.9 Å². The lowest BCUT2D eigenvalue weighted by molar-refractivity contribution is -0.151. The minimum Gasteiger partial charge on any atom is -0.507 e. The second-order valence-electron chi connectivity index (χ2n) is 7.42. The van der Waals surface area contributed by atoms with Gasteiger partial charge in [0.05, 0.1) is 38.9 Å². The van der Waals surface area contributed by atoms with Crippen molar-refractivity contribution in [2.75, 3.05) is 27.9 Å². The van der Waals surface area contributed by atoms with Crippen molar-refractivity contribution in [3.63, 3.8) is 0 Å². The molecule has 1 N–H and O–H groups in total. The topological polar surface area (TPSA) is 122 Å². The van der Waals surface area contributed by atoms with Crippen LogP contribution in [0.25, 0.3) is 11.0 Å². The van der Waals surface area contributed by atoms with Crippen molar-refractivity contribution in [3.05, 3.63) is 57.9 Å². The van der Waals surface area contributed by atoms with Gasteiger partial charge in [0.25, 0.3) is 0 Å². The van der Waals surface area contributed by atoms with Crippen molar-refractivity contribution < 1.29 is 38.1 Å². The number of rotatable bonds is 9. The molecular weight excluding hydrogens is 444 g/mol. The third-order valence-corrected chi connectivity index (χ3v) is 5.49. The quantitative estimate of drug-likeness (QED) is 0.285. The van der Waals surface area contributed by atoms with Gasteiger partial charge in [-0.2, -0.15) is 0 Å². The van der Waals surface area contributed by atoms with E-state index in [2.05, 4.69) is 0 Å². The number of ether oxygens (including phenoxy) is 4. The lowest BCUT2D eigenvalue weighted by Gasteiger charge is -2.26. The molecule has 0 spiro atoms. The zero-order chi connectivity index (χ0) is 25.0. The standard InChI is InChI=1S/C25H26O9/c1-6-33-24(28)19(13(2)26)20(14-11-17(30-3)23(32-5)18(12-14)31-4)21-22(27)15-9-7-8-10-16(15)34-25(21)29/h7-12,19-20,27H,6H2,1-5H3. The first-order chi connectivity index (χ1) is 16.3. The van der Waals surface area contributed by atoms with Crippen molar-refractivity contribution in [2.24, 2.45) is 5.92 Å². The summed E-state index contributed by atoms with van der Waals surface area (Å²) in [5.41, 5.74) is -0.722. The molecule has 2 aromatic carbocycles. The van der Waals surface area contributed by atoms with Gasteiger partial charge in [-0.05, 0) is 43.7 Å². The van der Waals surface area contributed by atoms with Crippen molar-refractivity contribution >= 4 is 22.7 Å². The van der Waals surface area contributed by atoms with Crippen LogP contribution in [0.2, 0.25) is 0 Å². The number of ketones is 1. The highest BCUT2D eigenvalue weighted by molar-refractivity contribution is 6.00. The van der Waals surface area contributed by atoms with Gasteiger partial charge in [-0.15, -0.1) is 0 Å². The number of benzene rings is 2. The van der Waals surface area contributed by atoms with Crippen molar-refractivity contribution in [1.29, 1.82) is 0 Å². The number of methoxy groups -OCH3 is 3. The molecule has 0 aliphatic heterocycles. The zero-order valence-electron chi connectivity index (χ0n) is 19.5. The van der Waals surface area contributed by atoms with E-state index in [4.69, 9.17) is 23.4 Å². The maximum atomic E-state index is 13.1. The van der Waals surface area contributed by atoms with E-state index in [1.165, 1.54) is 46.5 Å². The first-order valence-electron chi connectivity index (χ1n) is 10.5. The van der Waals surface area contributed by atoms with Gasteiger partial charge in [0.15, 0.2) is 11.5 Å². The largest absolute Gasteiger partial charge is 0.507 e. The summed E-state index contributed by atoms with van der Waals surface area (Å²) in [5.74, 6) is -3.80. The van der Waals surface area contributed by atoms with E-state index < -0.39 is 35.0 Å². The van der Waals surface area contributed by atoms with Crippen molar-refractivity contribution in [1.82, 2.24) is 0 Å². The summed E-state index contributed by atoms with van der Waals surface area (Å²) in [5, 5.41) is 11.4. The SMILES string of the molecule is CCOC(=O)C(C(C)=O)C(c1cc(OC)c(OC)c(OC)c1)c1c(O)c2ccccc2oc1=O. The lowest BCUT2D eigenvalue weighted by atomic mass is 9.78. The molecule has 2 unspecified atom stereocenters. The summed E-state index contributed by atoms with van der Waals surface area (Å²) >= 11 is 0. The van der Waals surface area contributed by atoms with E-state index in [0.29, 0.717) is 0 Å². The normalized spacial score (nSPS) is 12.6. The molecule has 0 aliphatic rings. The summed E-state index contributed by atoms with van der Waals surface area (Å²) in [4.78, 5) is 38.8. The average molecular weight is 470 g/mol. The van der Waals surface area contributed by atoms with Crippen LogP contribution in [0.15, 0.2) is 45.6 Å². The van der Waals surface area contributed by atoms with Gasteiger partial charge >= 0.3 is 11.6 Å². The fourth-order valence-electron chi connectivity index (χ4n) is 4.00. The van der Waals surface area contributed by atoms with Gasteiger partial charge in [-0.25, -0.2) is 4.79 Å². The number of hydrogen-bond acceptors (Lipinski definition) is 9. The molecule has 1 aromatic heterocycles. The molecule has 3 aromatic rings. The molecule has 3 rings (SSSR count). The van der Waals surface area contributed by atoms with E-state index in [-0.39, 0.29) is 46.0 Å². The van der Waals surface area contributed by atoms with Crippen LogP contribution in [-0.2, 0) is 14.3 Å². The van der Waals surface area contributed by atoms with Gasteiger partial charge in [0, 0.05) is 5.92 Å². The van der Waals surface area contributed by atoms with Crippen LogP contribution in [-0.4, -0.2) is 44.8 Å². The first-order valence-corrected chi connectivity index (χ1v) is 10.5. The molecule has 9 nitrogen and oxygen atoms in total. The van der Waals surface area contributed by atoms with Crippen LogP contribution in [0, 0.1) is 5.92 Å². The molecule has 1 heterocycles. The molecular formula is C25H26O9. The summed E-state index contributed by atoms with van der Waals surface area (Å²) in [6.07, 6.45) is 0. The van der Waals surface area contributed by atoms with Crippen LogP contribution in [0.5, 0.6) is 23.0 Å². The van der Waals surface area contributed by atoms with E-state index in [1.54, 1.807) is 25.1 Å². The molecule has 34 heavy (non-hydrogen) atoms. The third-order valence-electron chi connectivity index (χ3n) is 5.49. The molecule has 0 saturated heterocycles. The van der Waals surface area contributed by atoms with Crippen LogP contribution in [0.3, 0.4) is 0 Å². The van der Waals surface area contributed by atoms with E-state index in [9.17, 15) is 19.5 Å². The second kappa shape index (κ2) is 10.3. The highest BCUT2D eigenvalue weighted by atomic mass is 16.5. The predicted octanol–water partition coefficient (Wildman–Crippen LogP) is 3.42. The Bertz CT molecular complexity index is 1250. The molecule has 0 amide bonds. The molecule has 0 fully saturated rings. The van der Waals surface area contributed by atoms with Gasteiger partial charge in [0.1, 0.15) is 23.0 Å². The molecule has 2 atom stereocenters. The van der Waals surface area contributed by atoms with Gasteiger partial charge in [-0.3, -0.25) is 9.59 Å². The smallest absolute Gasteiger partial charge is 0.343 e. The summed E-state index contributed by atoms with van der Waals surface area (Å²) in [6, 6.07) is 9.43. The minimum absolute atomic E-state index is 0.0168. The Labute approximate surface area is 195 Å². The molecule has 9 heteroatoms. The third kappa shape index (κ3) is 4.41. The number of aromatic hydroxyl groups is 1. The zero-order valence-corrected chi connectivity index (χ0v) is 19.5. The highest BCUT2D eigenvalue weighted by Gasteiger charge is 2.40. The number of Topliss-reactive ketones (excluding diaryl/α,β-unsaturated/α-hetero) is 1. The first kappa shape index (κ1) is 24.6. The Morgan fingerprint density at radius 1 is 1.03 bits per heavy atom. The van der Waals surface area contributed by atoms with Gasteiger partial charge < -0.3 is 28.5 Å². The van der Waals surface area contributed by atoms with Crippen molar-refractivity contribution in [3.8, 4) is 23.0 Å². The molecule has 180 valence electrons. The van der Waals surface area contributed by atoms with Gasteiger partial charge in [-0.1, -0.05) is 12.1 Å². The summed E-state index contributed by atoms with van der Waals surface area (Å²) in [6.45, 7) is 2.83. The Morgan fingerprint density at radius 2 is 1.65 bits per heavy atom. The highest BCUT2D eigenvalue weighted by Crippen LogP contribution is 2.45. The number of hydrogen-bond donors (Lipinski definition) is 1. The summed E-state index contributed by atoms with van der Waals surface area (Å²) < 4.78 is 26.8. The fraction of sp³-hybridized carbons (Fsp3) is 0.320. The number of para-hydroxylation sites is 1. The maximum absolute atomic E-state index is 13.1. The second-order valence-corrected chi connectivity index (χ2v) is 7.42. The van der Waals surface area contributed by atoms with E-state index >= 15 is 0 Å². The Balaban J connectivity index is 2.42. The Hall–Kier alpha value is -4.01. The van der Waals surface area contributed by atoms with Gasteiger partial charge in [0.2, 0.25) is 5.75 Å². The number of carbonyl (C=O) groups excluding carboxylic acids is 2. The molecule has 0 bridgehead atoms.